The number of likely N-dealkylation sites (N-methyl/N-ethyl adjacent to an activating group) is 1. The summed E-state index contributed by atoms with van der Waals surface area (Å²) in [7, 11) is 0. The molecule has 0 aliphatic carbocycles. The second-order valence-electron chi connectivity index (χ2n) is 4.59. The van der Waals surface area contributed by atoms with E-state index in [4.69, 9.17) is 5.11 Å². The molecule has 0 bridgehead atoms. The average molecular weight is 287 g/mol. The molecular formula is C15H17N3O3. The number of nitrogens with zero attached hydrogens (tertiary/aromatic N) is 3. The van der Waals surface area contributed by atoms with E-state index in [0.717, 1.165) is 5.56 Å². The SMILES string of the molecule is CCN(Cc1ccncc1)C(=O)Cn1cccc1C(=O)O. The van der Waals surface area contributed by atoms with Crippen LogP contribution in [-0.2, 0) is 17.9 Å². The van der Waals surface area contributed by atoms with Crippen LogP contribution in [0.15, 0.2) is 42.9 Å². The number of carboxylic acids is 1. The molecule has 0 radical (unpaired) electrons. The van der Waals surface area contributed by atoms with E-state index in [0.29, 0.717) is 13.1 Å². The number of carboxylic acid groups (broad SMARTS) is 1. The number of hydrogen-bond acceptors (Lipinski definition) is 3. The Balaban J connectivity index is 2.06. The predicted octanol–water partition coefficient (Wildman–Crippen LogP) is 1.63. The molecule has 2 heterocycles. The van der Waals surface area contributed by atoms with Gasteiger partial charge in [-0.25, -0.2) is 4.79 Å². The third-order valence-corrected chi connectivity index (χ3v) is 3.21. The fraction of sp³-hybridized carbons (Fsp3) is 0.267. The van der Waals surface area contributed by atoms with Crippen molar-refractivity contribution < 1.29 is 14.7 Å². The van der Waals surface area contributed by atoms with Crippen molar-refractivity contribution in [2.45, 2.75) is 20.0 Å². The van der Waals surface area contributed by atoms with Gasteiger partial charge in [-0.2, -0.15) is 0 Å². The van der Waals surface area contributed by atoms with E-state index in [9.17, 15) is 9.59 Å². The smallest absolute Gasteiger partial charge is 0.352 e. The highest BCUT2D eigenvalue weighted by Gasteiger charge is 2.16. The van der Waals surface area contributed by atoms with Crippen molar-refractivity contribution in [1.82, 2.24) is 14.5 Å². The van der Waals surface area contributed by atoms with Gasteiger partial charge in [-0.1, -0.05) is 0 Å². The fourth-order valence-electron chi connectivity index (χ4n) is 2.08. The second kappa shape index (κ2) is 6.69. The summed E-state index contributed by atoms with van der Waals surface area (Å²) >= 11 is 0. The van der Waals surface area contributed by atoms with Crippen LogP contribution in [-0.4, -0.2) is 38.0 Å². The third kappa shape index (κ3) is 3.68. The minimum atomic E-state index is -1.04. The van der Waals surface area contributed by atoms with Gasteiger partial charge in [0.25, 0.3) is 0 Å². The number of pyridine rings is 1. The molecule has 2 rings (SSSR count). The summed E-state index contributed by atoms with van der Waals surface area (Å²) in [5, 5.41) is 9.05. The molecular weight excluding hydrogens is 270 g/mol. The predicted molar refractivity (Wildman–Crippen MR) is 76.7 cm³/mol. The molecule has 1 amide bonds. The minimum absolute atomic E-state index is 0.0214. The first-order valence-electron chi connectivity index (χ1n) is 6.67. The monoisotopic (exact) mass is 287 g/mol. The van der Waals surface area contributed by atoms with Gasteiger partial charge in [0.1, 0.15) is 12.2 Å². The van der Waals surface area contributed by atoms with E-state index in [-0.39, 0.29) is 18.1 Å². The molecule has 2 aromatic rings. The Morgan fingerprint density at radius 3 is 2.62 bits per heavy atom. The third-order valence-electron chi connectivity index (χ3n) is 3.21. The molecule has 2 aromatic heterocycles. The van der Waals surface area contributed by atoms with Crippen LogP contribution in [0.3, 0.4) is 0 Å². The minimum Gasteiger partial charge on any atom is -0.477 e. The number of hydrogen-bond donors (Lipinski definition) is 1. The quantitative estimate of drug-likeness (QED) is 0.876. The number of carbonyl (C=O) groups excluding carboxylic acids is 1. The van der Waals surface area contributed by atoms with E-state index in [1.54, 1.807) is 29.6 Å². The summed E-state index contributed by atoms with van der Waals surface area (Å²) in [4.78, 5) is 29.0. The number of rotatable bonds is 6. The van der Waals surface area contributed by atoms with E-state index < -0.39 is 5.97 Å². The molecule has 0 saturated carbocycles. The zero-order valence-electron chi connectivity index (χ0n) is 11.8. The van der Waals surface area contributed by atoms with E-state index in [1.165, 1.54) is 10.6 Å². The summed E-state index contributed by atoms with van der Waals surface area (Å²) < 4.78 is 1.44. The number of aromatic nitrogens is 2. The summed E-state index contributed by atoms with van der Waals surface area (Å²) in [6, 6.07) is 6.81. The summed E-state index contributed by atoms with van der Waals surface area (Å²) in [5.74, 6) is -1.15. The van der Waals surface area contributed by atoms with Crippen LogP contribution in [0, 0.1) is 0 Å². The number of amides is 1. The maximum Gasteiger partial charge on any atom is 0.352 e. The molecule has 0 fully saturated rings. The molecule has 0 aliphatic rings. The first-order chi connectivity index (χ1) is 10.1. The van der Waals surface area contributed by atoms with Crippen LogP contribution in [0.25, 0.3) is 0 Å². The molecule has 0 saturated heterocycles. The Hall–Kier alpha value is -2.63. The highest BCUT2D eigenvalue weighted by Crippen LogP contribution is 2.07. The Morgan fingerprint density at radius 1 is 1.29 bits per heavy atom. The van der Waals surface area contributed by atoms with Crippen LogP contribution >= 0.6 is 0 Å². The Morgan fingerprint density at radius 2 is 2.00 bits per heavy atom. The summed E-state index contributed by atoms with van der Waals surface area (Å²) in [6.07, 6.45) is 4.96. The van der Waals surface area contributed by atoms with Gasteiger partial charge in [-0.05, 0) is 36.8 Å². The van der Waals surface area contributed by atoms with Gasteiger partial charge in [0.05, 0.1) is 0 Å². The summed E-state index contributed by atoms with van der Waals surface area (Å²) in [5.41, 5.74) is 1.11. The van der Waals surface area contributed by atoms with Crippen LogP contribution in [0.2, 0.25) is 0 Å². The van der Waals surface area contributed by atoms with Crippen molar-refractivity contribution in [3.63, 3.8) is 0 Å². The average Bonchev–Trinajstić information content (AvgIpc) is 2.94. The van der Waals surface area contributed by atoms with Gasteiger partial charge >= 0.3 is 5.97 Å². The van der Waals surface area contributed by atoms with Crippen molar-refractivity contribution in [2.75, 3.05) is 6.54 Å². The highest BCUT2D eigenvalue weighted by atomic mass is 16.4. The second-order valence-corrected chi connectivity index (χ2v) is 4.59. The largest absolute Gasteiger partial charge is 0.477 e. The molecule has 1 N–H and O–H groups in total. The highest BCUT2D eigenvalue weighted by molar-refractivity contribution is 5.86. The van der Waals surface area contributed by atoms with Gasteiger partial charge in [0.2, 0.25) is 5.91 Å². The Labute approximate surface area is 122 Å². The molecule has 0 unspecified atom stereocenters. The standard InChI is InChI=1S/C15H17N3O3/c1-2-17(10-12-5-7-16-8-6-12)14(19)11-18-9-3-4-13(18)15(20)21/h3-9H,2,10-11H2,1H3,(H,20,21). The maximum absolute atomic E-state index is 12.3. The van der Waals surface area contributed by atoms with Gasteiger partial charge in [-0.3, -0.25) is 9.78 Å². The normalized spacial score (nSPS) is 10.3. The lowest BCUT2D eigenvalue weighted by atomic mass is 10.2. The maximum atomic E-state index is 12.3. The topological polar surface area (TPSA) is 75.4 Å². The van der Waals surface area contributed by atoms with Crippen molar-refractivity contribution >= 4 is 11.9 Å². The molecule has 6 heteroatoms. The first kappa shape index (κ1) is 14.8. The summed E-state index contributed by atoms with van der Waals surface area (Å²) in [6.45, 7) is 2.97. The van der Waals surface area contributed by atoms with Crippen molar-refractivity contribution in [2.24, 2.45) is 0 Å². The van der Waals surface area contributed by atoms with Gasteiger partial charge < -0.3 is 14.6 Å². The molecule has 110 valence electrons. The lowest BCUT2D eigenvalue weighted by Crippen LogP contribution is -2.33. The lowest BCUT2D eigenvalue weighted by Gasteiger charge is -2.21. The van der Waals surface area contributed by atoms with E-state index in [1.807, 2.05) is 19.1 Å². The fourth-order valence-corrected chi connectivity index (χ4v) is 2.08. The van der Waals surface area contributed by atoms with Crippen LogP contribution in [0.5, 0.6) is 0 Å². The zero-order chi connectivity index (χ0) is 15.2. The van der Waals surface area contributed by atoms with Crippen LogP contribution < -0.4 is 0 Å². The number of carbonyl (C=O) groups is 2. The number of aromatic carboxylic acids is 1. The van der Waals surface area contributed by atoms with Crippen LogP contribution in [0.1, 0.15) is 23.0 Å². The van der Waals surface area contributed by atoms with Gasteiger partial charge in [0.15, 0.2) is 0 Å². The van der Waals surface area contributed by atoms with Crippen molar-refractivity contribution in [1.29, 1.82) is 0 Å². The van der Waals surface area contributed by atoms with E-state index >= 15 is 0 Å². The zero-order valence-corrected chi connectivity index (χ0v) is 11.8. The molecule has 0 atom stereocenters. The Bertz CT molecular complexity index is 622. The van der Waals surface area contributed by atoms with Gasteiger partial charge in [-0.15, -0.1) is 0 Å². The van der Waals surface area contributed by atoms with E-state index in [2.05, 4.69) is 4.98 Å². The molecule has 0 aliphatic heterocycles. The van der Waals surface area contributed by atoms with Crippen molar-refractivity contribution in [3.8, 4) is 0 Å². The molecule has 6 nitrogen and oxygen atoms in total. The molecule has 0 aromatic carbocycles. The first-order valence-corrected chi connectivity index (χ1v) is 6.67. The lowest BCUT2D eigenvalue weighted by molar-refractivity contribution is -0.132. The van der Waals surface area contributed by atoms with Crippen molar-refractivity contribution in [3.05, 3.63) is 54.1 Å². The van der Waals surface area contributed by atoms with Crippen LogP contribution in [0.4, 0.5) is 0 Å². The van der Waals surface area contributed by atoms with Gasteiger partial charge in [0, 0.05) is 31.7 Å². The molecule has 0 spiro atoms. The Kier molecular flexibility index (Phi) is 4.71. The molecule has 21 heavy (non-hydrogen) atoms.